The average molecular weight is 512 g/mol. The highest BCUT2D eigenvalue weighted by Gasteiger charge is 2.19. The molecule has 0 aliphatic carbocycles. The van der Waals surface area contributed by atoms with E-state index in [2.05, 4.69) is 20.6 Å². The Kier molecular flexibility index (Phi) is 13.1. The lowest BCUT2D eigenvalue weighted by Gasteiger charge is -2.14. The summed E-state index contributed by atoms with van der Waals surface area (Å²) in [5.41, 5.74) is 6.80. The van der Waals surface area contributed by atoms with Crippen molar-refractivity contribution in [3.05, 3.63) is 91.3 Å². The molecule has 0 heterocycles. The van der Waals surface area contributed by atoms with Crippen molar-refractivity contribution < 1.29 is 43.7 Å². The Bertz CT molecular complexity index is 923. The highest BCUT2D eigenvalue weighted by atomic mass is 19.1. The second-order valence-electron chi connectivity index (χ2n) is 7.20. The van der Waals surface area contributed by atoms with Crippen molar-refractivity contribution in [3.8, 4) is 0 Å². The number of nitrogens with one attached hydrogen (secondary N) is 2. The van der Waals surface area contributed by atoms with Crippen LogP contribution in [-0.2, 0) is 19.3 Å². The molecule has 14 nitrogen and oxygen atoms in total. The summed E-state index contributed by atoms with van der Waals surface area (Å²) in [6, 6.07) is 10.6. The summed E-state index contributed by atoms with van der Waals surface area (Å²) in [6.45, 7) is -0.177. The third kappa shape index (κ3) is 13.0. The first-order valence-corrected chi connectivity index (χ1v) is 10.2. The predicted octanol–water partition coefficient (Wildman–Crippen LogP) is 1.67. The second kappa shape index (κ2) is 15.8. The molecular weight excluding hydrogens is 487 g/mol. The van der Waals surface area contributed by atoms with Gasteiger partial charge < -0.3 is 10.2 Å². The van der Waals surface area contributed by atoms with Gasteiger partial charge in [-0.2, -0.15) is 11.0 Å². The van der Waals surface area contributed by atoms with Gasteiger partial charge in [-0.15, -0.1) is 0 Å². The van der Waals surface area contributed by atoms with Gasteiger partial charge in [-0.3, -0.25) is 29.9 Å². The number of nitro groups is 2. The van der Waals surface area contributed by atoms with Gasteiger partial charge in [-0.25, -0.2) is 14.0 Å². The number of aliphatic carboxylic acids is 2. The van der Waals surface area contributed by atoms with E-state index >= 15 is 0 Å². The average Bonchev–Trinajstić information content (AvgIpc) is 2.78. The largest absolute Gasteiger partial charge is 0.479 e. The number of aryl methyl sites for hydroxylation is 1. The van der Waals surface area contributed by atoms with Crippen molar-refractivity contribution in [1.29, 1.82) is 0 Å². The molecule has 0 fully saturated rings. The van der Waals surface area contributed by atoms with Crippen LogP contribution in [0.1, 0.15) is 28.8 Å². The summed E-state index contributed by atoms with van der Waals surface area (Å²) in [7, 11) is 0. The van der Waals surface area contributed by atoms with E-state index in [0.29, 0.717) is 11.1 Å². The summed E-state index contributed by atoms with van der Waals surface area (Å²) in [6.07, 6.45) is 0. The van der Waals surface area contributed by atoms with Gasteiger partial charge in [0, 0.05) is 9.85 Å². The summed E-state index contributed by atoms with van der Waals surface area (Å²) in [5, 5.41) is 37.8. The molecule has 0 aliphatic heterocycles. The van der Waals surface area contributed by atoms with Crippen molar-refractivity contribution >= 4 is 11.9 Å². The third-order valence-corrected chi connectivity index (χ3v) is 4.26. The minimum atomic E-state index is -1.21. The SMILES string of the molecule is Cc1ccc(C(C[N+](=O)[O-])NOCC(=O)O)cc1.O=C(O)CONC(C[N+](=O)[O-])c1ccc(F)cc1. The Labute approximate surface area is 203 Å². The number of rotatable bonds is 14. The molecule has 0 aromatic heterocycles. The molecule has 2 aromatic carbocycles. The monoisotopic (exact) mass is 512 g/mol. The smallest absolute Gasteiger partial charge is 0.331 e. The Balaban J connectivity index is 0.000000360. The first-order chi connectivity index (χ1) is 17.0. The number of hydrogen-bond acceptors (Lipinski definition) is 10. The molecule has 0 saturated heterocycles. The third-order valence-electron chi connectivity index (χ3n) is 4.26. The maximum atomic E-state index is 12.7. The van der Waals surface area contributed by atoms with Gasteiger partial charge in [0.25, 0.3) is 0 Å². The second-order valence-corrected chi connectivity index (χ2v) is 7.20. The molecule has 0 radical (unpaired) electrons. The number of nitrogens with zero attached hydrogens (tertiary/aromatic N) is 2. The van der Waals surface area contributed by atoms with E-state index in [1.165, 1.54) is 12.1 Å². The lowest BCUT2D eigenvalue weighted by molar-refractivity contribution is -0.486. The maximum absolute atomic E-state index is 12.7. The van der Waals surface area contributed by atoms with Crippen LogP contribution in [0, 0.1) is 33.0 Å². The molecule has 4 N–H and O–H groups in total. The number of carboxylic acid groups (broad SMARTS) is 2. The Hall–Kier alpha value is -4.05. The van der Waals surface area contributed by atoms with Crippen LogP contribution >= 0.6 is 0 Å². The van der Waals surface area contributed by atoms with Crippen LogP contribution < -0.4 is 11.0 Å². The molecule has 0 aliphatic rings. The summed E-state index contributed by atoms with van der Waals surface area (Å²) < 4.78 is 12.7. The summed E-state index contributed by atoms with van der Waals surface area (Å²) >= 11 is 0. The lowest BCUT2D eigenvalue weighted by Crippen LogP contribution is -2.29. The summed E-state index contributed by atoms with van der Waals surface area (Å²) in [4.78, 5) is 49.7. The molecule has 2 unspecified atom stereocenters. The zero-order valence-corrected chi connectivity index (χ0v) is 19.0. The summed E-state index contributed by atoms with van der Waals surface area (Å²) in [5.74, 6) is -2.82. The van der Waals surface area contributed by atoms with Gasteiger partial charge in [0.15, 0.2) is 13.2 Å². The number of halogens is 1. The van der Waals surface area contributed by atoms with Crippen molar-refractivity contribution in [2.45, 2.75) is 19.0 Å². The minimum Gasteiger partial charge on any atom is -0.479 e. The van der Waals surface area contributed by atoms with Gasteiger partial charge >= 0.3 is 11.9 Å². The van der Waals surface area contributed by atoms with Crippen LogP contribution in [-0.4, -0.2) is 58.3 Å². The first-order valence-electron chi connectivity index (χ1n) is 10.2. The van der Waals surface area contributed by atoms with Gasteiger partial charge in [-0.1, -0.05) is 42.0 Å². The molecular formula is C21H25FN4O10. The number of benzene rings is 2. The lowest BCUT2D eigenvalue weighted by atomic mass is 10.1. The molecule has 0 bridgehead atoms. The molecule has 2 atom stereocenters. The quantitative estimate of drug-likeness (QED) is 0.211. The molecule has 0 spiro atoms. The molecule has 0 saturated carbocycles. The predicted molar refractivity (Wildman–Crippen MR) is 120 cm³/mol. The highest BCUT2D eigenvalue weighted by Crippen LogP contribution is 2.15. The van der Waals surface area contributed by atoms with Crippen molar-refractivity contribution in [3.63, 3.8) is 0 Å². The van der Waals surface area contributed by atoms with Crippen molar-refractivity contribution in [1.82, 2.24) is 11.0 Å². The van der Waals surface area contributed by atoms with Crippen molar-refractivity contribution in [2.24, 2.45) is 0 Å². The standard InChI is InChI=1S/C11H14N2O5.C10H11FN2O5/c1-8-2-4-9(5-3-8)10(6-13(16)17)12-18-7-11(14)15;11-8-3-1-7(2-4-8)9(5-13(16)17)12-18-6-10(14)15/h2-5,10,12H,6-7H2,1H3,(H,14,15);1-4,9,12H,5-6H2,(H,14,15). The Morgan fingerprint density at radius 1 is 0.833 bits per heavy atom. The van der Waals surface area contributed by atoms with E-state index in [1.54, 1.807) is 12.1 Å². The Morgan fingerprint density at radius 2 is 1.19 bits per heavy atom. The Morgan fingerprint density at radius 3 is 1.53 bits per heavy atom. The molecule has 2 rings (SSSR count). The minimum absolute atomic E-state index is 0.386. The molecule has 36 heavy (non-hydrogen) atoms. The van der Waals surface area contributed by atoms with E-state index < -0.39 is 59.4 Å². The molecule has 196 valence electrons. The van der Waals surface area contributed by atoms with Crippen LogP contribution in [0.25, 0.3) is 0 Å². The fourth-order valence-electron chi connectivity index (χ4n) is 2.62. The zero-order chi connectivity index (χ0) is 27.1. The maximum Gasteiger partial charge on any atom is 0.331 e. The van der Waals surface area contributed by atoms with E-state index in [4.69, 9.17) is 10.2 Å². The van der Waals surface area contributed by atoms with Gasteiger partial charge in [0.1, 0.15) is 17.9 Å². The van der Waals surface area contributed by atoms with Crippen LogP contribution in [0.2, 0.25) is 0 Å². The number of hydroxylamine groups is 2. The fraction of sp³-hybridized carbons (Fsp3) is 0.333. The topological polar surface area (TPSA) is 203 Å². The van der Waals surface area contributed by atoms with Crippen LogP contribution in [0.4, 0.5) is 4.39 Å². The number of carboxylic acids is 2. The van der Waals surface area contributed by atoms with Crippen LogP contribution in [0.3, 0.4) is 0 Å². The van der Waals surface area contributed by atoms with Gasteiger partial charge in [0.2, 0.25) is 13.1 Å². The molecule has 0 amide bonds. The van der Waals surface area contributed by atoms with E-state index in [0.717, 1.165) is 17.7 Å². The first kappa shape index (κ1) is 30.0. The molecule has 15 heteroatoms. The van der Waals surface area contributed by atoms with E-state index in [9.17, 15) is 34.2 Å². The normalized spacial score (nSPS) is 12.1. The van der Waals surface area contributed by atoms with Crippen LogP contribution in [0.5, 0.6) is 0 Å². The van der Waals surface area contributed by atoms with Gasteiger partial charge in [0.05, 0.1) is 0 Å². The molecule has 2 aromatic rings. The fourth-order valence-corrected chi connectivity index (χ4v) is 2.62. The van der Waals surface area contributed by atoms with E-state index in [1.807, 2.05) is 19.1 Å². The number of hydrogen-bond donors (Lipinski definition) is 4. The van der Waals surface area contributed by atoms with Gasteiger partial charge in [-0.05, 0) is 30.2 Å². The highest BCUT2D eigenvalue weighted by molar-refractivity contribution is 5.68. The van der Waals surface area contributed by atoms with E-state index in [-0.39, 0.29) is 6.54 Å². The van der Waals surface area contributed by atoms with Crippen LogP contribution in [0.15, 0.2) is 48.5 Å². The number of carbonyl (C=O) groups is 2. The zero-order valence-electron chi connectivity index (χ0n) is 19.0. The van der Waals surface area contributed by atoms with Crippen molar-refractivity contribution in [2.75, 3.05) is 26.3 Å².